The maximum Gasteiger partial charge on any atom is 0.251 e. The Morgan fingerprint density at radius 1 is 1.50 bits per heavy atom. The molecule has 0 bridgehead atoms. The highest BCUT2D eigenvalue weighted by Gasteiger charge is 2.15. The quantitative estimate of drug-likeness (QED) is 0.887. The summed E-state index contributed by atoms with van der Waals surface area (Å²) in [6.45, 7) is -3.56. The highest BCUT2D eigenvalue weighted by Crippen LogP contribution is 2.15. The van der Waals surface area contributed by atoms with Crippen molar-refractivity contribution >= 4 is 17.5 Å². The van der Waals surface area contributed by atoms with E-state index in [9.17, 15) is 9.18 Å². The SMILES string of the molecule is [2H]C1([2H])CC(CNC(=O)c2cc(F)cc(Cl)c2)CC([2H])([2H])N1. The van der Waals surface area contributed by atoms with Crippen LogP contribution in [0, 0.1) is 11.7 Å². The zero-order valence-corrected chi connectivity index (χ0v) is 10.4. The smallest absolute Gasteiger partial charge is 0.251 e. The minimum absolute atomic E-state index is 0.0740. The summed E-state index contributed by atoms with van der Waals surface area (Å²) in [6, 6.07) is 3.48. The lowest BCUT2D eigenvalue weighted by Gasteiger charge is -2.22. The molecule has 1 saturated heterocycles. The molecular weight excluding hydrogens is 255 g/mol. The van der Waals surface area contributed by atoms with Gasteiger partial charge < -0.3 is 10.6 Å². The summed E-state index contributed by atoms with van der Waals surface area (Å²) in [5.41, 5.74) is 0.0740. The van der Waals surface area contributed by atoms with E-state index < -0.39 is 24.7 Å². The minimum Gasteiger partial charge on any atom is -0.352 e. The predicted molar refractivity (Wildman–Crippen MR) is 69.3 cm³/mol. The highest BCUT2D eigenvalue weighted by atomic mass is 35.5. The fraction of sp³-hybridized carbons (Fsp3) is 0.462. The van der Waals surface area contributed by atoms with Crippen LogP contribution in [0.25, 0.3) is 0 Å². The van der Waals surface area contributed by atoms with Gasteiger partial charge >= 0.3 is 0 Å². The molecule has 2 N–H and O–H groups in total. The average molecular weight is 275 g/mol. The fourth-order valence-electron chi connectivity index (χ4n) is 1.69. The van der Waals surface area contributed by atoms with Crippen LogP contribution < -0.4 is 10.6 Å². The molecule has 18 heavy (non-hydrogen) atoms. The van der Waals surface area contributed by atoms with Crippen molar-refractivity contribution in [3.63, 3.8) is 0 Å². The Kier molecular flexibility index (Phi) is 3.04. The number of halogens is 2. The Balaban J connectivity index is 1.98. The molecule has 3 nitrogen and oxygen atoms in total. The van der Waals surface area contributed by atoms with E-state index in [1.54, 1.807) is 0 Å². The molecule has 1 fully saturated rings. The number of benzene rings is 1. The maximum absolute atomic E-state index is 13.2. The second-order valence-corrected chi connectivity index (χ2v) is 4.56. The number of hydrogen-bond donors (Lipinski definition) is 2. The molecule has 0 unspecified atom stereocenters. The third-order valence-electron chi connectivity index (χ3n) is 2.63. The number of carbonyl (C=O) groups is 1. The van der Waals surface area contributed by atoms with Gasteiger partial charge in [0.05, 0.1) is 0 Å². The molecule has 1 aliphatic heterocycles. The van der Waals surface area contributed by atoms with Gasteiger partial charge in [0, 0.05) is 22.6 Å². The van der Waals surface area contributed by atoms with Crippen molar-refractivity contribution in [3.05, 3.63) is 34.6 Å². The molecule has 5 heteroatoms. The van der Waals surface area contributed by atoms with E-state index in [4.69, 9.17) is 17.1 Å². The zero-order chi connectivity index (χ0) is 16.5. The maximum atomic E-state index is 13.2. The van der Waals surface area contributed by atoms with Crippen LogP contribution in [0.2, 0.25) is 5.02 Å². The summed E-state index contributed by atoms with van der Waals surface area (Å²) in [6.07, 6.45) is 0.160. The van der Waals surface area contributed by atoms with E-state index in [1.807, 2.05) is 0 Å². The van der Waals surface area contributed by atoms with E-state index >= 15 is 0 Å². The van der Waals surface area contributed by atoms with Gasteiger partial charge in [-0.1, -0.05) is 11.6 Å². The van der Waals surface area contributed by atoms with Crippen LogP contribution in [0.3, 0.4) is 0 Å². The number of amides is 1. The van der Waals surface area contributed by atoms with Crippen molar-refractivity contribution in [2.45, 2.75) is 12.8 Å². The molecule has 1 amide bonds. The third kappa shape index (κ3) is 3.68. The van der Waals surface area contributed by atoms with Gasteiger partial charge in [0.1, 0.15) is 5.82 Å². The van der Waals surface area contributed by atoms with Crippen LogP contribution in [0.15, 0.2) is 18.2 Å². The molecule has 0 aliphatic carbocycles. The first-order valence-electron chi connectivity index (χ1n) is 7.60. The molecule has 0 aromatic heterocycles. The van der Waals surface area contributed by atoms with Crippen LogP contribution >= 0.6 is 11.6 Å². The first-order valence-corrected chi connectivity index (χ1v) is 5.98. The molecule has 98 valence electrons. The molecule has 0 spiro atoms. The lowest BCUT2D eigenvalue weighted by atomic mass is 9.98. The van der Waals surface area contributed by atoms with Gasteiger partial charge in [-0.25, -0.2) is 4.39 Å². The first kappa shape index (κ1) is 8.88. The lowest BCUT2D eigenvalue weighted by Crippen LogP contribution is -2.36. The molecule has 0 saturated carbocycles. The molecule has 1 aromatic carbocycles. The van der Waals surface area contributed by atoms with Crippen LogP contribution in [0.5, 0.6) is 0 Å². The zero-order valence-electron chi connectivity index (χ0n) is 13.6. The Hall–Kier alpha value is -1.13. The van der Waals surface area contributed by atoms with E-state index in [1.165, 1.54) is 6.07 Å². The van der Waals surface area contributed by atoms with Crippen molar-refractivity contribution < 1.29 is 14.7 Å². The van der Waals surface area contributed by atoms with Gasteiger partial charge in [-0.3, -0.25) is 4.79 Å². The standard InChI is InChI=1S/C13H16ClFN2O/c14-11-5-10(6-12(15)7-11)13(18)17-8-9-1-3-16-4-2-9/h5-7,9,16H,1-4,8H2,(H,17,18)/i3D2,4D2. The molecule has 1 heterocycles. The van der Waals surface area contributed by atoms with Crippen molar-refractivity contribution in [2.24, 2.45) is 5.92 Å². The van der Waals surface area contributed by atoms with Crippen LogP contribution in [-0.2, 0) is 0 Å². The highest BCUT2D eigenvalue weighted by molar-refractivity contribution is 6.31. The van der Waals surface area contributed by atoms with Gasteiger partial charge in [0.15, 0.2) is 0 Å². The summed E-state index contributed by atoms with van der Waals surface area (Å²) in [5, 5.41) is 4.97. The summed E-state index contributed by atoms with van der Waals surface area (Å²) in [5.74, 6) is -1.51. The predicted octanol–water partition coefficient (Wildman–Crippen LogP) is 2.21. The number of rotatable bonds is 3. The molecule has 0 radical (unpaired) electrons. The Bertz CT molecular complexity index is 549. The topological polar surface area (TPSA) is 41.1 Å². The first-order chi connectivity index (χ1) is 10.1. The van der Waals surface area contributed by atoms with Crippen LogP contribution in [0.1, 0.15) is 28.7 Å². The summed E-state index contributed by atoms with van der Waals surface area (Å²) in [4.78, 5) is 12.0. The number of carbonyl (C=O) groups excluding carboxylic acids is 1. The van der Waals surface area contributed by atoms with Gasteiger partial charge in [0.2, 0.25) is 0 Å². The largest absolute Gasteiger partial charge is 0.352 e. The third-order valence-corrected chi connectivity index (χ3v) is 2.85. The second kappa shape index (κ2) is 6.16. The van der Waals surface area contributed by atoms with Crippen LogP contribution in [-0.4, -0.2) is 25.4 Å². The fourth-order valence-corrected chi connectivity index (χ4v) is 1.92. The molecule has 1 aliphatic rings. The van der Waals surface area contributed by atoms with Crippen molar-refractivity contribution in [3.8, 4) is 0 Å². The van der Waals surface area contributed by atoms with E-state index in [0.717, 1.165) is 12.1 Å². The van der Waals surface area contributed by atoms with Crippen molar-refractivity contribution in [2.75, 3.05) is 19.5 Å². The summed E-state index contributed by atoms with van der Waals surface area (Å²) >= 11 is 5.69. The van der Waals surface area contributed by atoms with E-state index in [0.29, 0.717) is 0 Å². The molecule has 0 atom stereocenters. The average Bonchev–Trinajstić information content (AvgIpc) is 2.30. The van der Waals surface area contributed by atoms with Gasteiger partial charge in [0.25, 0.3) is 5.91 Å². The Labute approximate surface area is 116 Å². The normalized spacial score (nSPS) is 25.4. The molecule has 1 aromatic rings. The van der Waals surface area contributed by atoms with Gasteiger partial charge in [-0.2, -0.15) is 0 Å². The van der Waals surface area contributed by atoms with Gasteiger partial charge in [-0.05, 0) is 50.0 Å². The monoisotopic (exact) mass is 274 g/mol. The number of hydrogen-bond acceptors (Lipinski definition) is 2. The van der Waals surface area contributed by atoms with Crippen LogP contribution in [0.4, 0.5) is 4.39 Å². The van der Waals surface area contributed by atoms with Crippen molar-refractivity contribution in [1.82, 2.24) is 10.6 Å². The Morgan fingerprint density at radius 3 is 2.89 bits per heavy atom. The summed E-state index contributed by atoms with van der Waals surface area (Å²) < 4.78 is 43.8. The minimum atomic E-state index is -1.83. The summed E-state index contributed by atoms with van der Waals surface area (Å²) in [7, 11) is 0. The lowest BCUT2D eigenvalue weighted by molar-refractivity contribution is 0.0944. The van der Waals surface area contributed by atoms with Crippen molar-refractivity contribution in [1.29, 1.82) is 0 Å². The number of nitrogens with one attached hydrogen (secondary N) is 2. The van der Waals surface area contributed by atoms with E-state index in [-0.39, 0.29) is 35.9 Å². The molecule has 2 rings (SSSR count). The van der Waals surface area contributed by atoms with E-state index in [2.05, 4.69) is 10.6 Å². The molecular formula is C13H16ClFN2O. The second-order valence-electron chi connectivity index (χ2n) is 4.12. The Morgan fingerprint density at radius 2 is 2.22 bits per heavy atom. The number of piperidine rings is 1. The van der Waals surface area contributed by atoms with Gasteiger partial charge in [-0.15, -0.1) is 0 Å².